The number of aromatic nitrogens is 2. The maximum Gasteiger partial charge on any atom is 0.416 e. The highest BCUT2D eigenvalue weighted by molar-refractivity contribution is 7.11. The number of alkyl halides is 6. The standard InChI is InChI=1S/C20H15F6N3OS/c1-12-16(29-7-6-17(30-29)18-3-2-8-31-18)10-27-28(12)11-13-4-5-14(19(21,22)23)9-15(13)20(24,25)26/h2-6,8-10H,7,11H2,1H3. The van der Waals surface area contributed by atoms with E-state index in [1.807, 2.05) is 23.6 Å². The Morgan fingerprint density at radius 3 is 2.52 bits per heavy atom. The number of hydrogen-bond acceptors (Lipinski definition) is 4. The average molecular weight is 459 g/mol. The van der Waals surface area contributed by atoms with Gasteiger partial charge in [-0.2, -0.15) is 31.4 Å². The molecule has 3 heterocycles. The van der Waals surface area contributed by atoms with Crippen LogP contribution in [0.4, 0.5) is 32.0 Å². The summed E-state index contributed by atoms with van der Waals surface area (Å²) in [4.78, 5) is 6.75. The monoisotopic (exact) mass is 459 g/mol. The predicted octanol–water partition coefficient (Wildman–Crippen LogP) is 6.13. The summed E-state index contributed by atoms with van der Waals surface area (Å²) in [6, 6.07) is 5.41. The summed E-state index contributed by atoms with van der Waals surface area (Å²) in [5.74, 6) is 0.671. The van der Waals surface area contributed by atoms with Crippen molar-refractivity contribution in [2.45, 2.75) is 25.8 Å². The average Bonchev–Trinajstić information content (AvgIpc) is 3.42. The van der Waals surface area contributed by atoms with Crippen molar-refractivity contribution in [1.29, 1.82) is 0 Å². The highest BCUT2D eigenvalue weighted by Gasteiger charge is 2.38. The van der Waals surface area contributed by atoms with E-state index in [1.165, 1.54) is 22.2 Å². The number of nitrogens with zero attached hydrogens (tertiary/aromatic N) is 3. The normalized spacial score (nSPS) is 14.7. The van der Waals surface area contributed by atoms with E-state index < -0.39 is 23.5 Å². The van der Waals surface area contributed by atoms with Crippen molar-refractivity contribution in [3.63, 3.8) is 0 Å². The molecule has 0 radical (unpaired) electrons. The van der Waals surface area contributed by atoms with Gasteiger partial charge >= 0.3 is 12.4 Å². The van der Waals surface area contributed by atoms with Crippen LogP contribution < -0.4 is 5.06 Å². The molecule has 0 spiro atoms. The molecule has 164 valence electrons. The highest BCUT2D eigenvalue weighted by atomic mass is 32.1. The van der Waals surface area contributed by atoms with Gasteiger partial charge in [0.1, 0.15) is 5.69 Å². The Morgan fingerprint density at radius 2 is 1.87 bits per heavy atom. The molecule has 0 saturated carbocycles. The summed E-state index contributed by atoms with van der Waals surface area (Å²) in [5.41, 5.74) is -1.91. The second-order valence-corrected chi connectivity index (χ2v) is 7.79. The highest BCUT2D eigenvalue weighted by Crippen LogP contribution is 2.38. The van der Waals surface area contributed by atoms with E-state index in [0.717, 1.165) is 10.9 Å². The smallest absolute Gasteiger partial charge is 0.378 e. The first-order chi connectivity index (χ1) is 14.5. The molecule has 0 saturated heterocycles. The lowest BCUT2D eigenvalue weighted by molar-refractivity contribution is -0.143. The molecule has 4 nitrogen and oxygen atoms in total. The third-order valence-corrected chi connectivity index (χ3v) is 5.71. The number of thiophene rings is 1. The molecule has 0 fully saturated rings. The zero-order chi connectivity index (χ0) is 22.4. The number of hydroxylamine groups is 1. The summed E-state index contributed by atoms with van der Waals surface area (Å²) < 4.78 is 80.2. The molecule has 4 rings (SSSR count). The van der Waals surface area contributed by atoms with Crippen molar-refractivity contribution in [2.75, 3.05) is 11.6 Å². The molecule has 1 aliphatic heterocycles. The van der Waals surface area contributed by atoms with Gasteiger partial charge < -0.3 is 4.84 Å². The lowest BCUT2D eigenvalue weighted by Crippen LogP contribution is -2.18. The van der Waals surface area contributed by atoms with E-state index in [4.69, 9.17) is 4.84 Å². The van der Waals surface area contributed by atoms with Crippen LogP contribution >= 0.6 is 11.3 Å². The fraction of sp³-hybridized carbons (Fsp3) is 0.250. The van der Waals surface area contributed by atoms with Gasteiger partial charge in [0, 0.05) is 0 Å². The van der Waals surface area contributed by atoms with Crippen molar-refractivity contribution >= 4 is 22.8 Å². The van der Waals surface area contributed by atoms with E-state index in [1.54, 1.807) is 12.0 Å². The van der Waals surface area contributed by atoms with E-state index in [2.05, 4.69) is 5.10 Å². The Hall–Kier alpha value is -2.95. The molecule has 2 aromatic heterocycles. The molecule has 0 aliphatic carbocycles. The topological polar surface area (TPSA) is 30.3 Å². The minimum atomic E-state index is -4.93. The lowest BCUT2D eigenvalue weighted by Gasteiger charge is -2.18. The van der Waals surface area contributed by atoms with Crippen LogP contribution in [0, 0.1) is 6.92 Å². The van der Waals surface area contributed by atoms with Crippen LogP contribution in [0.25, 0.3) is 5.76 Å². The zero-order valence-electron chi connectivity index (χ0n) is 16.0. The number of hydrogen-bond donors (Lipinski definition) is 0. The molecule has 11 heteroatoms. The Bertz CT molecular complexity index is 1120. The van der Waals surface area contributed by atoms with Gasteiger partial charge in [0.05, 0.1) is 41.0 Å². The van der Waals surface area contributed by atoms with Crippen LogP contribution in [-0.4, -0.2) is 16.3 Å². The first-order valence-electron chi connectivity index (χ1n) is 9.03. The van der Waals surface area contributed by atoms with Crippen LogP contribution in [0.2, 0.25) is 0 Å². The van der Waals surface area contributed by atoms with Gasteiger partial charge in [-0.25, -0.2) is 5.06 Å². The fourth-order valence-electron chi connectivity index (χ4n) is 3.23. The lowest BCUT2D eigenvalue weighted by atomic mass is 10.0. The quantitative estimate of drug-likeness (QED) is 0.440. The first-order valence-corrected chi connectivity index (χ1v) is 9.91. The second-order valence-electron chi connectivity index (χ2n) is 6.84. The Labute approximate surface area is 176 Å². The zero-order valence-corrected chi connectivity index (χ0v) is 16.8. The number of benzene rings is 1. The SMILES string of the molecule is Cc1c(N2CC=C(c3cccs3)O2)cnn1Cc1ccc(C(F)(F)F)cc1C(F)(F)F. The molecule has 31 heavy (non-hydrogen) atoms. The van der Waals surface area contributed by atoms with Crippen molar-refractivity contribution < 1.29 is 31.2 Å². The summed E-state index contributed by atoms with van der Waals surface area (Å²) in [6.07, 6.45) is -6.47. The van der Waals surface area contributed by atoms with Crippen molar-refractivity contribution in [3.8, 4) is 0 Å². The number of rotatable bonds is 4. The number of halogens is 6. The summed E-state index contributed by atoms with van der Waals surface area (Å²) in [5, 5.41) is 7.59. The molecular weight excluding hydrogens is 444 g/mol. The molecule has 0 amide bonds. The molecular formula is C20H15F6N3OS. The van der Waals surface area contributed by atoms with Crippen LogP contribution in [0.5, 0.6) is 0 Å². The van der Waals surface area contributed by atoms with Gasteiger partial charge in [0.15, 0.2) is 5.76 Å². The van der Waals surface area contributed by atoms with Crippen molar-refractivity contribution in [2.24, 2.45) is 0 Å². The second kappa shape index (κ2) is 7.63. The molecule has 0 bridgehead atoms. The molecule has 0 unspecified atom stereocenters. The van der Waals surface area contributed by atoms with Gasteiger partial charge in [-0.15, -0.1) is 11.3 Å². The van der Waals surface area contributed by atoms with E-state index in [0.29, 0.717) is 29.8 Å². The molecule has 1 aromatic carbocycles. The van der Waals surface area contributed by atoms with Gasteiger partial charge in [0.25, 0.3) is 0 Å². The van der Waals surface area contributed by atoms with E-state index >= 15 is 0 Å². The molecule has 3 aromatic rings. The van der Waals surface area contributed by atoms with Crippen molar-refractivity contribution in [1.82, 2.24) is 9.78 Å². The van der Waals surface area contributed by atoms with Gasteiger partial charge in [0.2, 0.25) is 0 Å². The van der Waals surface area contributed by atoms with E-state index in [9.17, 15) is 26.3 Å². The molecule has 0 atom stereocenters. The maximum atomic E-state index is 13.4. The van der Waals surface area contributed by atoms with Gasteiger partial charge in [-0.3, -0.25) is 4.68 Å². The Morgan fingerprint density at radius 1 is 1.10 bits per heavy atom. The predicted molar refractivity (Wildman–Crippen MR) is 103 cm³/mol. The third-order valence-electron chi connectivity index (χ3n) is 4.82. The number of anilines is 1. The Kier molecular flexibility index (Phi) is 5.24. The van der Waals surface area contributed by atoms with Crippen LogP contribution in [0.1, 0.15) is 27.3 Å². The van der Waals surface area contributed by atoms with Gasteiger partial charge in [-0.05, 0) is 42.1 Å². The van der Waals surface area contributed by atoms with Crippen molar-refractivity contribution in [3.05, 3.63) is 75.2 Å². The minimum absolute atomic E-state index is 0.135. The van der Waals surface area contributed by atoms with E-state index in [-0.39, 0.29) is 18.2 Å². The fourth-order valence-corrected chi connectivity index (χ4v) is 3.93. The maximum absolute atomic E-state index is 13.4. The molecule has 1 aliphatic rings. The van der Waals surface area contributed by atoms with Gasteiger partial charge in [-0.1, -0.05) is 12.1 Å². The Balaban J connectivity index is 1.58. The van der Waals surface area contributed by atoms with Crippen LogP contribution in [0.3, 0.4) is 0 Å². The molecule has 0 N–H and O–H groups in total. The summed E-state index contributed by atoms with van der Waals surface area (Å²) in [6.45, 7) is 1.75. The third kappa shape index (κ3) is 4.27. The summed E-state index contributed by atoms with van der Waals surface area (Å²) in [7, 11) is 0. The summed E-state index contributed by atoms with van der Waals surface area (Å²) >= 11 is 1.51. The van der Waals surface area contributed by atoms with Crippen LogP contribution in [0.15, 0.2) is 48.0 Å². The first kappa shape index (κ1) is 21.3. The van der Waals surface area contributed by atoms with Crippen LogP contribution in [-0.2, 0) is 23.7 Å². The minimum Gasteiger partial charge on any atom is -0.378 e. The largest absolute Gasteiger partial charge is 0.416 e.